The number of hydrogen-bond acceptors (Lipinski definition) is 6. The predicted molar refractivity (Wildman–Crippen MR) is 122 cm³/mol. The van der Waals surface area contributed by atoms with Crippen LogP contribution in [0.3, 0.4) is 0 Å². The molecule has 0 saturated heterocycles. The standard InChI is InChI=1S/C23H18Cl2N2O5/c1-31-20-11-14(13-26-27-22(29)21(28)15-5-3-2-4-6-15)7-10-19(20)32-23(30)17-9-8-16(24)12-18(17)25/h2-13,21,28H,1H3,(H,27,29). The van der Waals surface area contributed by atoms with Crippen LogP contribution >= 0.6 is 23.2 Å². The van der Waals surface area contributed by atoms with Crippen LogP contribution in [0.5, 0.6) is 11.5 Å². The van der Waals surface area contributed by atoms with Crippen LogP contribution in [-0.2, 0) is 4.79 Å². The third-order valence-corrected chi connectivity index (χ3v) is 4.84. The zero-order chi connectivity index (χ0) is 23.1. The van der Waals surface area contributed by atoms with Gasteiger partial charge in [-0.05, 0) is 47.5 Å². The van der Waals surface area contributed by atoms with Gasteiger partial charge in [0.1, 0.15) is 0 Å². The maximum Gasteiger partial charge on any atom is 0.345 e. The van der Waals surface area contributed by atoms with Gasteiger partial charge in [-0.2, -0.15) is 5.10 Å². The fourth-order valence-electron chi connectivity index (χ4n) is 2.68. The Labute approximate surface area is 194 Å². The van der Waals surface area contributed by atoms with Crippen LogP contribution in [0.15, 0.2) is 71.8 Å². The number of ether oxygens (including phenoxy) is 2. The quantitative estimate of drug-likeness (QED) is 0.230. The van der Waals surface area contributed by atoms with Crippen molar-refractivity contribution in [1.82, 2.24) is 5.43 Å². The first-order chi connectivity index (χ1) is 15.4. The number of hydrogen-bond donors (Lipinski definition) is 2. The summed E-state index contributed by atoms with van der Waals surface area (Å²) in [6, 6.07) is 17.6. The van der Waals surface area contributed by atoms with E-state index in [0.717, 1.165) is 0 Å². The number of nitrogens with zero attached hydrogens (tertiary/aromatic N) is 1. The molecule has 0 aliphatic heterocycles. The van der Waals surface area contributed by atoms with Gasteiger partial charge in [0.05, 0.1) is 23.9 Å². The molecule has 1 amide bonds. The largest absolute Gasteiger partial charge is 0.493 e. The summed E-state index contributed by atoms with van der Waals surface area (Å²) in [5.41, 5.74) is 3.44. The van der Waals surface area contributed by atoms with Crippen molar-refractivity contribution in [3.8, 4) is 11.5 Å². The third-order valence-electron chi connectivity index (χ3n) is 4.29. The minimum absolute atomic E-state index is 0.156. The number of aliphatic hydroxyl groups excluding tert-OH is 1. The van der Waals surface area contributed by atoms with Crippen LogP contribution < -0.4 is 14.9 Å². The van der Waals surface area contributed by atoms with E-state index in [-0.39, 0.29) is 22.1 Å². The SMILES string of the molecule is COc1cc(C=NNC(=O)C(O)c2ccccc2)ccc1OC(=O)c1ccc(Cl)cc1Cl. The maximum atomic E-state index is 12.4. The van der Waals surface area contributed by atoms with Gasteiger partial charge in [-0.3, -0.25) is 4.79 Å². The number of carbonyl (C=O) groups excluding carboxylic acids is 2. The first-order valence-electron chi connectivity index (χ1n) is 9.30. The molecule has 7 nitrogen and oxygen atoms in total. The number of benzene rings is 3. The molecule has 0 fully saturated rings. The zero-order valence-corrected chi connectivity index (χ0v) is 18.3. The molecule has 0 aliphatic carbocycles. The summed E-state index contributed by atoms with van der Waals surface area (Å²) in [4.78, 5) is 24.5. The lowest BCUT2D eigenvalue weighted by atomic mass is 10.1. The van der Waals surface area contributed by atoms with Gasteiger partial charge < -0.3 is 14.6 Å². The molecule has 3 aromatic carbocycles. The summed E-state index contributed by atoms with van der Waals surface area (Å²) in [6.45, 7) is 0. The highest BCUT2D eigenvalue weighted by molar-refractivity contribution is 6.36. The highest BCUT2D eigenvalue weighted by Crippen LogP contribution is 2.30. The van der Waals surface area contributed by atoms with E-state index in [2.05, 4.69) is 10.5 Å². The van der Waals surface area contributed by atoms with Crippen molar-refractivity contribution in [3.05, 3.63) is 93.5 Å². The van der Waals surface area contributed by atoms with Crippen molar-refractivity contribution in [2.24, 2.45) is 5.10 Å². The Morgan fingerprint density at radius 1 is 1.03 bits per heavy atom. The second kappa shape index (κ2) is 10.8. The molecule has 164 valence electrons. The maximum absolute atomic E-state index is 12.4. The van der Waals surface area contributed by atoms with Crippen molar-refractivity contribution < 1.29 is 24.2 Å². The Balaban J connectivity index is 1.67. The molecule has 3 aromatic rings. The first-order valence-corrected chi connectivity index (χ1v) is 10.1. The fourth-order valence-corrected chi connectivity index (χ4v) is 3.16. The Morgan fingerprint density at radius 2 is 1.78 bits per heavy atom. The van der Waals surface area contributed by atoms with E-state index in [1.807, 2.05) is 0 Å². The van der Waals surface area contributed by atoms with E-state index < -0.39 is 18.0 Å². The van der Waals surface area contributed by atoms with Crippen molar-refractivity contribution in [1.29, 1.82) is 0 Å². The molecule has 1 atom stereocenters. The molecule has 0 aromatic heterocycles. The summed E-state index contributed by atoms with van der Waals surface area (Å²) < 4.78 is 10.7. The normalized spacial score (nSPS) is 11.8. The summed E-state index contributed by atoms with van der Waals surface area (Å²) >= 11 is 11.9. The minimum Gasteiger partial charge on any atom is -0.493 e. The molecule has 0 spiro atoms. The summed E-state index contributed by atoms with van der Waals surface area (Å²) in [5, 5.41) is 14.5. The number of carbonyl (C=O) groups is 2. The molecule has 2 N–H and O–H groups in total. The van der Waals surface area contributed by atoms with Gasteiger partial charge in [-0.25, -0.2) is 10.2 Å². The second-order valence-electron chi connectivity index (χ2n) is 6.47. The average molecular weight is 473 g/mol. The number of rotatable bonds is 7. The number of esters is 1. The van der Waals surface area contributed by atoms with Crippen molar-refractivity contribution in [2.45, 2.75) is 6.10 Å². The average Bonchev–Trinajstić information content (AvgIpc) is 2.79. The summed E-state index contributed by atoms with van der Waals surface area (Å²) in [7, 11) is 1.42. The molecule has 0 bridgehead atoms. The van der Waals surface area contributed by atoms with Gasteiger partial charge in [0, 0.05) is 5.02 Å². The molecule has 1 unspecified atom stereocenters. The van der Waals surface area contributed by atoms with Gasteiger partial charge in [0.25, 0.3) is 5.91 Å². The smallest absolute Gasteiger partial charge is 0.345 e. The van der Waals surface area contributed by atoms with Crippen LogP contribution in [0.1, 0.15) is 27.6 Å². The Hall–Kier alpha value is -3.39. The lowest BCUT2D eigenvalue weighted by Crippen LogP contribution is -2.25. The molecule has 32 heavy (non-hydrogen) atoms. The highest BCUT2D eigenvalue weighted by atomic mass is 35.5. The molecule has 0 heterocycles. The van der Waals surface area contributed by atoms with E-state index in [0.29, 0.717) is 16.1 Å². The third kappa shape index (κ3) is 5.85. The number of halogens is 2. The van der Waals surface area contributed by atoms with Crippen LogP contribution in [0.25, 0.3) is 0 Å². The molecule has 0 aliphatic rings. The lowest BCUT2D eigenvalue weighted by molar-refractivity contribution is -0.129. The van der Waals surface area contributed by atoms with Crippen LogP contribution in [0.2, 0.25) is 10.0 Å². The Morgan fingerprint density at radius 3 is 2.47 bits per heavy atom. The Kier molecular flexibility index (Phi) is 7.83. The molecule has 0 radical (unpaired) electrons. The van der Waals surface area contributed by atoms with Crippen LogP contribution in [0.4, 0.5) is 0 Å². The van der Waals surface area contributed by atoms with Gasteiger partial charge in [0.15, 0.2) is 17.6 Å². The molecular formula is C23H18Cl2N2O5. The molecule has 0 saturated carbocycles. The van der Waals surface area contributed by atoms with Gasteiger partial charge >= 0.3 is 5.97 Å². The van der Waals surface area contributed by atoms with Crippen molar-refractivity contribution >= 4 is 41.3 Å². The van der Waals surface area contributed by atoms with Gasteiger partial charge in [0.2, 0.25) is 0 Å². The second-order valence-corrected chi connectivity index (χ2v) is 7.32. The number of nitrogens with one attached hydrogen (secondary N) is 1. The van der Waals surface area contributed by atoms with Gasteiger partial charge in [-0.15, -0.1) is 0 Å². The van der Waals surface area contributed by atoms with E-state index in [4.69, 9.17) is 32.7 Å². The van der Waals surface area contributed by atoms with E-state index in [1.54, 1.807) is 42.5 Å². The van der Waals surface area contributed by atoms with Crippen molar-refractivity contribution in [3.63, 3.8) is 0 Å². The van der Waals surface area contributed by atoms with Crippen molar-refractivity contribution in [2.75, 3.05) is 7.11 Å². The van der Waals surface area contributed by atoms with Crippen LogP contribution in [-0.4, -0.2) is 30.3 Å². The van der Waals surface area contributed by atoms with Gasteiger partial charge in [-0.1, -0.05) is 53.5 Å². The van der Waals surface area contributed by atoms with E-state index in [9.17, 15) is 14.7 Å². The number of amides is 1. The lowest BCUT2D eigenvalue weighted by Gasteiger charge is -2.11. The minimum atomic E-state index is -1.34. The molecule has 9 heteroatoms. The number of aliphatic hydroxyl groups is 1. The van der Waals surface area contributed by atoms with Crippen LogP contribution in [0, 0.1) is 0 Å². The zero-order valence-electron chi connectivity index (χ0n) is 16.8. The highest BCUT2D eigenvalue weighted by Gasteiger charge is 2.17. The Bertz CT molecular complexity index is 1150. The number of hydrazone groups is 1. The summed E-state index contributed by atoms with van der Waals surface area (Å²) in [6.07, 6.45) is 0.0177. The molecular weight excluding hydrogens is 455 g/mol. The fraction of sp³-hybridized carbons (Fsp3) is 0.0870. The molecule has 3 rings (SSSR count). The number of methoxy groups -OCH3 is 1. The topological polar surface area (TPSA) is 97.2 Å². The summed E-state index contributed by atoms with van der Waals surface area (Å²) in [5.74, 6) is -0.911. The first kappa shape index (κ1) is 23.3. The van der Waals surface area contributed by atoms with E-state index in [1.165, 1.54) is 37.6 Å². The monoisotopic (exact) mass is 472 g/mol. The predicted octanol–water partition coefficient (Wildman–Crippen LogP) is 4.40. The van der Waals surface area contributed by atoms with E-state index >= 15 is 0 Å².